The Hall–Kier alpha value is -1.99. The Bertz CT molecular complexity index is 818. The van der Waals surface area contributed by atoms with Gasteiger partial charge in [-0.3, -0.25) is 14.0 Å². The van der Waals surface area contributed by atoms with E-state index in [0.717, 1.165) is 9.75 Å². The van der Waals surface area contributed by atoms with Gasteiger partial charge in [0.25, 0.3) is 11.5 Å². The molecule has 0 aromatic carbocycles. The highest BCUT2D eigenvalue weighted by atomic mass is 32.1. The minimum absolute atomic E-state index is 0.0665. The van der Waals surface area contributed by atoms with Crippen LogP contribution >= 0.6 is 22.7 Å². The average molecular weight is 305 g/mol. The van der Waals surface area contributed by atoms with Gasteiger partial charge in [-0.1, -0.05) is 6.07 Å². The third-order valence-electron chi connectivity index (χ3n) is 2.77. The summed E-state index contributed by atoms with van der Waals surface area (Å²) in [5.41, 5.74) is -0.264. The van der Waals surface area contributed by atoms with E-state index in [2.05, 4.69) is 10.3 Å². The van der Waals surface area contributed by atoms with E-state index in [1.165, 1.54) is 21.9 Å². The maximum absolute atomic E-state index is 12.2. The molecule has 0 aliphatic rings. The smallest absolute Gasteiger partial charge is 0.271 e. The fraction of sp³-hybridized carbons (Fsp3) is 0.154. The largest absolute Gasteiger partial charge is 0.347 e. The first-order valence-electron chi connectivity index (χ1n) is 5.93. The Morgan fingerprint density at radius 1 is 1.50 bits per heavy atom. The van der Waals surface area contributed by atoms with Crippen molar-refractivity contribution in [3.8, 4) is 0 Å². The quantitative estimate of drug-likeness (QED) is 0.805. The van der Waals surface area contributed by atoms with Crippen molar-refractivity contribution >= 4 is 33.5 Å². The zero-order valence-corrected chi connectivity index (χ0v) is 12.3. The standard InChI is InChI=1S/C13H11N3O2S2/c1-8-7-16-12(18)10(6-15-13(16)20-8)11(17)14-5-9-3-2-4-19-9/h2-4,6-7H,5H2,1H3,(H,14,17). The summed E-state index contributed by atoms with van der Waals surface area (Å²) in [6.45, 7) is 2.32. The lowest BCUT2D eigenvalue weighted by molar-refractivity contribution is 0.0949. The van der Waals surface area contributed by atoms with Crippen molar-refractivity contribution in [1.29, 1.82) is 0 Å². The second-order valence-electron chi connectivity index (χ2n) is 4.23. The minimum atomic E-state index is -0.394. The summed E-state index contributed by atoms with van der Waals surface area (Å²) in [7, 11) is 0. The number of aromatic nitrogens is 2. The number of fused-ring (bicyclic) bond motifs is 1. The third kappa shape index (κ3) is 2.37. The molecule has 3 heterocycles. The van der Waals surface area contributed by atoms with Crippen LogP contribution in [0.1, 0.15) is 20.1 Å². The van der Waals surface area contributed by atoms with Crippen molar-refractivity contribution in [3.05, 3.63) is 55.6 Å². The molecule has 0 atom stereocenters. The van der Waals surface area contributed by atoms with Gasteiger partial charge in [-0.25, -0.2) is 4.98 Å². The van der Waals surface area contributed by atoms with E-state index in [9.17, 15) is 9.59 Å². The Labute approximate surface area is 122 Å². The van der Waals surface area contributed by atoms with Gasteiger partial charge in [-0.2, -0.15) is 0 Å². The SMILES string of the molecule is Cc1cn2c(=O)c(C(=O)NCc3cccs3)cnc2s1. The number of hydrogen-bond donors (Lipinski definition) is 1. The number of nitrogens with zero attached hydrogens (tertiary/aromatic N) is 2. The summed E-state index contributed by atoms with van der Waals surface area (Å²) in [4.78, 5) is 31.0. The molecular weight excluding hydrogens is 294 g/mol. The normalized spacial score (nSPS) is 10.8. The van der Waals surface area contributed by atoms with Crippen LogP contribution in [0.4, 0.5) is 0 Å². The molecule has 0 radical (unpaired) electrons. The van der Waals surface area contributed by atoms with Gasteiger partial charge in [0, 0.05) is 22.1 Å². The van der Waals surface area contributed by atoms with Crippen LogP contribution in [-0.2, 0) is 6.54 Å². The Balaban J connectivity index is 1.87. The van der Waals surface area contributed by atoms with Crippen LogP contribution in [0.2, 0.25) is 0 Å². The number of carbonyl (C=O) groups excluding carboxylic acids is 1. The Kier molecular flexibility index (Phi) is 3.37. The van der Waals surface area contributed by atoms with Gasteiger partial charge >= 0.3 is 0 Å². The number of amides is 1. The van der Waals surface area contributed by atoms with Gasteiger partial charge in [0.05, 0.1) is 6.54 Å². The van der Waals surface area contributed by atoms with Crippen LogP contribution in [0.5, 0.6) is 0 Å². The molecule has 0 fully saturated rings. The second-order valence-corrected chi connectivity index (χ2v) is 6.48. The molecule has 7 heteroatoms. The number of hydrogen-bond acceptors (Lipinski definition) is 5. The summed E-state index contributed by atoms with van der Waals surface area (Å²) in [6.07, 6.45) is 3.04. The van der Waals surface area contributed by atoms with E-state index in [1.54, 1.807) is 17.5 Å². The summed E-state index contributed by atoms with van der Waals surface area (Å²) in [5, 5.41) is 4.68. The van der Waals surface area contributed by atoms with E-state index in [-0.39, 0.29) is 11.1 Å². The van der Waals surface area contributed by atoms with E-state index < -0.39 is 5.91 Å². The number of carbonyl (C=O) groups is 1. The lowest BCUT2D eigenvalue weighted by atomic mass is 10.3. The summed E-state index contributed by atoms with van der Waals surface area (Å²) < 4.78 is 1.42. The lowest BCUT2D eigenvalue weighted by Gasteiger charge is -2.03. The monoisotopic (exact) mass is 305 g/mol. The van der Waals surface area contributed by atoms with Crippen molar-refractivity contribution in [2.45, 2.75) is 13.5 Å². The fourth-order valence-electron chi connectivity index (χ4n) is 1.83. The molecule has 1 amide bonds. The van der Waals surface area contributed by atoms with Crippen LogP contribution in [0, 0.1) is 6.92 Å². The summed E-state index contributed by atoms with van der Waals surface area (Å²) in [6, 6.07) is 3.85. The molecule has 0 aliphatic heterocycles. The first-order chi connectivity index (χ1) is 9.65. The van der Waals surface area contributed by atoms with Crippen LogP contribution < -0.4 is 10.9 Å². The molecule has 3 rings (SSSR count). The van der Waals surface area contributed by atoms with Gasteiger partial charge in [0.1, 0.15) is 5.56 Å². The highest BCUT2D eigenvalue weighted by Crippen LogP contribution is 2.12. The van der Waals surface area contributed by atoms with Gasteiger partial charge in [0.15, 0.2) is 4.96 Å². The summed E-state index contributed by atoms with van der Waals surface area (Å²) in [5.74, 6) is -0.394. The molecule has 0 saturated carbocycles. The predicted molar refractivity (Wildman–Crippen MR) is 79.6 cm³/mol. The Morgan fingerprint density at radius 3 is 3.10 bits per heavy atom. The first-order valence-corrected chi connectivity index (χ1v) is 7.63. The topological polar surface area (TPSA) is 63.5 Å². The molecule has 3 aromatic rings. The molecule has 0 saturated heterocycles. The van der Waals surface area contributed by atoms with Crippen LogP contribution in [0.15, 0.2) is 34.7 Å². The molecule has 3 aromatic heterocycles. The molecule has 5 nitrogen and oxygen atoms in total. The minimum Gasteiger partial charge on any atom is -0.347 e. The number of nitrogens with one attached hydrogen (secondary N) is 1. The molecule has 0 aliphatic carbocycles. The van der Waals surface area contributed by atoms with Crippen molar-refractivity contribution in [3.63, 3.8) is 0 Å². The molecule has 1 N–H and O–H groups in total. The maximum atomic E-state index is 12.2. The van der Waals surface area contributed by atoms with Crippen molar-refractivity contribution in [2.24, 2.45) is 0 Å². The van der Waals surface area contributed by atoms with Crippen molar-refractivity contribution in [2.75, 3.05) is 0 Å². The lowest BCUT2D eigenvalue weighted by Crippen LogP contribution is -2.30. The van der Waals surface area contributed by atoms with E-state index in [4.69, 9.17) is 0 Å². The van der Waals surface area contributed by atoms with E-state index in [1.807, 2.05) is 24.4 Å². The van der Waals surface area contributed by atoms with Crippen LogP contribution in [0.25, 0.3) is 4.96 Å². The van der Waals surface area contributed by atoms with Gasteiger partial charge in [-0.15, -0.1) is 22.7 Å². The predicted octanol–water partition coefficient (Wildman–Crippen LogP) is 2.06. The van der Waals surface area contributed by atoms with Crippen LogP contribution in [-0.4, -0.2) is 15.3 Å². The molecule has 0 bridgehead atoms. The van der Waals surface area contributed by atoms with E-state index >= 15 is 0 Å². The van der Waals surface area contributed by atoms with E-state index in [0.29, 0.717) is 11.5 Å². The van der Waals surface area contributed by atoms with Gasteiger partial charge < -0.3 is 5.32 Å². The van der Waals surface area contributed by atoms with Gasteiger partial charge in [-0.05, 0) is 18.4 Å². The highest BCUT2D eigenvalue weighted by Gasteiger charge is 2.14. The molecule has 0 spiro atoms. The Morgan fingerprint density at radius 2 is 2.35 bits per heavy atom. The molecule has 0 unspecified atom stereocenters. The number of thiophene rings is 1. The first kappa shape index (κ1) is 13.0. The maximum Gasteiger partial charge on any atom is 0.271 e. The van der Waals surface area contributed by atoms with Crippen molar-refractivity contribution < 1.29 is 4.79 Å². The number of rotatable bonds is 3. The third-order valence-corrected chi connectivity index (χ3v) is 4.56. The number of thiazole rings is 1. The zero-order chi connectivity index (χ0) is 14.1. The molecule has 20 heavy (non-hydrogen) atoms. The highest BCUT2D eigenvalue weighted by molar-refractivity contribution is 7.16. The van der Waals surface area contributed by atoms with Gasteiger partial charge in [0.2, 0.25) is 0 Å². The molecule has 102 valence electrons. The number of aryl methyl sites for hydroxylation is 1. The fourth-order valence-corrected chi connectivity index (χ4v) is 3.26. The van der Waals surface area contributed by atoms with Crippen molar-refractivity contribution in [1.82, 2.24) is 14.7 Å². The molecular formula is C13H11N3O2S2. The average Bonchev–Trinajstić information content (AvgIpc) is 3.05. The second kappa shape index (κ2) is 5.18. The van der Waals surface area contributed by atoms with Crippen LogP contribution in [0.3, 0.4) is 0 Å². The summed E-state index contributed by atoms with van der Waals surface area (Å²) >= 11 is 2.98. The zero-order valence-electron chi connectivity index (χ0n) is 10.6.